The van der Waals surface area contributed by atoms with E-state index in [1.165, 1.54) is 41.5 Å². The van der Waals surface area contributed by atoms with Crippen LogP contribution < -0.4 is 0 Å². The fraction of sp³-hybridized carbons (Fsp3) is 0.429. The highest BCUT2D eigenvalue weighted by molar-refractivity contribution is 5.68. The summed E-state index contributed by atoms with van der Waals surface area (Å²) >= 11 is 0. The lowest BCUT2D eigenvalue weighted by molar-refractivity contribution is 0.0341. The molecular weight excluding hydrogens is 282 g/mol. The van der Waals surface area contributed by atoms with Gasteiger partial charge in [-0.15, -0.1) is 0 Å². The monoisotopic (exact) mass is 309 g/mol. The Labute approximate surface area is 140 Å². The minimum absolute atomic E-state index is 0.859. The van der Waals surface area contributed by atoms with Crippen LogP contribution in [-0.2, 0) is 17.7 Å². The van der Waals surface area contributed by atoms with E-state index in [-0.39, 0.29) is 0 Å². The number of hydrogen-bond donors (Lipinski definition) is 0. The molecule has 1 aliphatic heterocycles. The number of morpholine rings is 1. The zero-order valence-electron chi connectivity index (χ0n) is 14.1. The van der Waals surface area contributed by atoms with E-state index in [0.717, 1.165) is 32.8 Å². The fourth-order valence-electron chi connectivity index (χ4n) is 3.29. The molecule has 2 aromatic rings. The molecule has 1 fully saturated rings. The molecule has 0 unspecified atom stereocenters. The lowest BCUT2D eigenvalue weighted by atomic mass is 9.92. The summed E-state index contributed by atoms with van der Waals surface area (Å²) < 4.78 is 5.51. The second kappa shape index (κ2) is 8.28. The molecule has 0 spiro atoms. The third-order valence-electron chi connectivity index (χ3n) is 4.64. The maximum Gasteiger partial charge on any atom is 0.0594 e. The van der Waals surface area contributed by atoms with Crippen molar-refractivity contribution in [2.24, 2.45) is 0 Å². The van der Waals surface area contributed by atoms with Gasteiger partial charge in [-0.2, -0.15) is 0 Å². The van der Waals surface area contributed by atoms with Gasteiger partial charge >= 0.3 is 0 Å². The molecule has 1 saturated heterocycles. The molecule has 1 aliphatic rings. The van der Waals surface area contributed by atoms with E-state index in [1.807, 2.05) is 0 Å². The lowest BCUT2D eigenvalue weighted by Crippen LogP contribution is -2.36. The fourth-order valence-corrected chi connectivity index (χ4v) is 3.29. The maximum absolute atomic E-state index is 5.51. The quantitative estimate of drug-likeness (QED) is 0.777. The first kappa shape index (κ1) is 16.2. The van der Waals surface area contributed by atoms with Crippen molar-refractivity contribution in [3.05, 3.63) is 59.7 Å². The van der Waals surface area contributed by atoms with Gasteiger partial charge in [0, 0.05) is 19.6 Å². The average molecular weight is 309 g/mol. The van der Waals surface area contributed by atoms with E-state index in [9.17, 15) is 0 Å². The van der Waals surface area contributed by atoms with E-state index in [4.69, 9.17) is 4.74 Å². The highest BCUT2D eigenvalue weighted by Gasteiger charge is 2.16. The van der Waals surface area contributed by atoms with Gasteiger partial charge in [0.1, 0.15) is 0 Å². The average Bonchev–Trinajstić information content (AvgIpc) is 2.62. The first-order valence-electron chi connectivity index (χ1n) is 8.84. The second-order valence-electron chi connectivity index (χ2n) is 6.30. The molecule has 0 amide bonds. The summed E-state index contributed by atoms with van der Waals surface area (Å²) in [4.78, 5) is 2.53. The van der Waals surface area contributed by atoms with Crippen molar-refractivity contribution in [1.82, 2.24) is 4.90 Å². The Kier molecular flexibility index (Phi) is 5.84. The van der Waals surface area contributed by atoms with Crippen LogP contribution in [0.2, 0.25) is 0 Å². The SMILES string of the molecule is CCCCc1cccc(-c2ccccc2)c1CN1CCOCC1. The molecule has 0 N–H and O–H groups in total. The number of nitrogens with zero attached hydrogens (tertiary/aromatic N) is 1. The standard InChI is InChI=1S/C21H27NO/c1-2-3-8-19-11-7-12-20(18-9-5-4-6-10-18)21(19)17-22-13-15-23-16-14-22/h4-7,9-12H,2-3,8,13-17H2,1H3. The van der Waals surface area contributed by atoms with E-state index in [1.54, 1.807) is 0 Å². The zero-order chi connectivity index (χ0) is 15.9. The van der Waals surface area contributed by atoms with Crippen LogP contribution >= 0.6 is 0 Å². The molecule has 0 aromatic heterocycles. The van der Waals surface area contributed by atoms with Crippen molar-refractivity contribution in [3.63, 3.8) is 0 Å². The van der Waals surface area contributed by atoms with E-state index in [0.29, 0.717) is 0 Å². The van der Waals surface area contributed by atoms with Crippen molar-refractivity contribution >= 4 is 0 Å². The second-order valence-corrected chi connectivity index (χ2v) is 6.30. The van der Waals surface area contributed by atoms with Crippen molar-refractivity contribution in [2.45, 2.75) is 32.7 Å². The number of rotatable bonds is 6. The molecule has 0 atom stereocenters. The molecule has 0 aliphatic carbocycles. The van der Waals surface area contributed by atoms with Crippen LogP contribution in [0.15, 0.2) is 48.5 Å². The van der Waals surface area contributed by atoms with Gasteiger partial charge in [0.2, 0.25) is 0 Å². The number of hydrogen-bond acceptors (Lipinski definition) is 2. The van der Waals surface area contributed by atoms with Crippen LogP contribution in [0.1, 0.15) is 30.9 Å². The zero-order valence-corrected chi connectivity index (χ0v) is 14.1. The summed E-state index contributed by atoms with van der Waals surface area (Å²) in [7, 11) is 0. The topological polar surface area (TPSA) is 12.5 Å². The van der Waals surface area contributed by atoms with E-state index >= 15 is 0 Å². The number of aryl methyl sites for hydroxylation is 1. The molecule has 122 valence electrons. The molecule has 2 heteroatoms. The van der Waals surface area contributed by atoms with E-state index in [2.05, 4.69) is 60.4 Å². The van der Waals surface area contributed by atoms with Crippen LogP contribution in [0.3, 0.4) is 0 Å². The highest BCUT2D eigenvalue weighted by atomic mass is 16.5. The van der Waals surface area contributed by atoms with Gasteiger partial charge in [-0.05, 0) is 35.1 Å². The highest BCUT2D eigenvalue weighted by Crippen LogP contribution is 2.28. The molecule has 2 nitrogen and oxygen atoms in total. The van der Waals surface area contributed by atoms with Gasteiger partial charge in [-0.3, -0.25) is 4.90 Å². The number of unbranched alkanes of at least 4 members (excludes halogenated alkanes) is 1. The third kappa shape index (κ3) is 4.21. The largest absolute Gasteiger partial charge is 0.379 e. The Balaban J connectivity index is 1.93. The Bertz CT molecular complexity index is 602. The van der Waals surface area contributed by atoms with Crippen molar-refractivity contribution in [3.8, 4) is 11.1 Å². The third-order valence-corrected chi connectivity index (χ3v) is 4.64. The van der Waals surface area contributed by atoms with Gasteiger partial charge in [0.15, 0.2) is 0 Å². The van der Waals surface area contributed by atoms with Crippen LogP contribution in [0.4, 0.5) is 0 Å². The van der Waals surface area contributed by atoms with Crippen LogP contribution in [-0.4, -0.2) is 31.2 Å². The number of benzene rings is 2. The molecule has 2 aromatic carbocycles. The van der Waals surface area contributed by atoms with Gasteiger partial charge in [-0.1, -0.05) is 61.9 Å². The van der Waals surface area contributed by atoms with Crippen molar-refractivity contribution in [2.75, 3.05) is 26.3 Å². The summed E-state index contributed by atoms with van der Waals surface area (Å²) in [6.45, 7) is 7.10. The van der Waals surface area contributed by atoms with Crippen molar-refractivity contribution in [1.29, 1.82) is 0 Å². The van der Waals surface area contributed by atoms with Gasteiger partial charge in [0.25, 0.3) is 0 Å². The van der Waals surface area contributed by atoms with Crippen LogP contribution in [0.5, 0.6) is 0 Å². The Morgan fingerprint density at radius 1 is 0.957 bits per heavy atom. The molecular formula is C21H27NO. The predicted octanol–water partition coefficient (Wildman–Crippen LogP) is 4.53. The van der Waals surface area contributed by atoms with Crippen LogP contribution in [0.25, 0.3) is 11.1 Å². The lowest BCUT2D eigenvalue weighted by Gasteiger charge is -2.28. The first-order valence-corrected chi connectivity index (χ1v) is 8.84. The molecule has 1 heterocycles. The predicted molar refractivity (Wildman–Crippen MR) is 96.6 cm³/mol. The first-order chi connectivity index (χ1) is 11.4. The summed E-state index contributed by atoms with van der Waals surface area (Å²) in [5.41, 5.74) is 5.74. The molecule has 0 radical (unpaired) electrons. The van der Waals surface area contributed by atoms with E-state index < -0.39 is 0 Å². The molecule has 0 saturated carbocycles. The summed E-state index contributed by atoms with van der Waals surface area (Å²) in [6.07, 6.45) is 3.68. The Morgan fingerprint density at radius 3 is 2.48 bits per heavy atom. The maximum atomic E-state index is 5.51. The molecule has 23 heavy (non-hydrogen) atoms. The molecule has 0 bridgehead atoms. The summed E-state index contributed by atoms with van der Waals surface area (Å²) in [6, 6.07) is 17.6. The minimum Gasteiger partial charge on any atom is -0.379 e. The summed E-state index contributed by atoms with van der Waals surface area (Å²) in [5.74, 6) is 0. The van der Waals surface area contributed by atoms with Gasteiger partial charge in [-0.25, -0.2) is 0 Å². The smallest absolute Gasteiger partial charge is 0.0594 e. The Morgan fingerprint density at radius 2 is 1.74 bits per heavy atom. The van der Waals surface area contributed by atoms with Gasteiger partial charge in [0.05, 0.1) is 13.2 Å². The van der Waals surface area contributed by atoms with Crippen molar-refractivity contribution < 1.29 is 4.74 Å². The normalized spacial score (nSPS) is 15.7. The summed E-state index contributed by atoms with van der Waals surface area (Å²) in [5, 5.41) is 0. The molecule has 3 rings (SSSR count). The Hall–Kier alpha value is -1.64. The van der Waals surface area contributed by atoms with Crippen LogP contribution in [0, 0.1) is 0 Å². The number of ether oxygens (including phenoxy) is 1. The van der Waals surface area contributed by atoms with Gasteiger partial charge < -0.3 is 4.74 Å². The minimum atomic E-state index is 0.859.